The summed E-state index contributed by atoms with van der Waals surface area (Å²) in [4.78, 5) is 0. The molecular formula is C5H11O3. The molecule has 1 radical (unpaired) electrons. The van der Waals surface area contributed by atoms with E-state index in [2.05, 4.69) is 0 Å². The van der Waals surface area contributed by atoms with Crippen LogP contribution in [0.25, 0.3) is 0 Å². The van der Waals surface area contributed by atoms with Gasteiger partial charge in [0.05, 0.1) is 19.3 Å². The summed E-state index contributed by atoms with van der Waals surface area (Å²) in [5, 5.41) is 26.6. The predicted octanol–water partition coefficient (Wildman–Crippen LogP) is -0.450. The largest absolute Gasteiger partial charge is 0.394 e. The van der Waals surface area contributed by atoms with Gasteiger partial charge in [-0.3, -0.25) is 0 Å². The molecular weight excluding hydrogens is 108 g/mol. The molecule has 0 amide bonds. The molecule has 0 saturated heterocycles. The molecule has 0 fully saturated rings. The minimum absolute atomic E-state index is 0.170. The van der Waals surface area contributed by atoms with Crippen molar-refractivity contribution in [3.63, 3.8) is 0 Å². The molecule has 3 nitrogen and oxygen atoms in total. The molecule has 3 heteroatoms. The lowest BCUT2D eigenvalue weighted by atomic mass is 10.2. The van der Waals surface area contributed by atoms with Crippen LogP contribution in [-0.4, -0.2) is 29.5 Å². The highest BCUT2D eigenvalue weighted by Crippen LogP contribution is 1.93. The van der Waals surface area contributed by atoms with Crippen LogP contribution in [0, 0.1) is 0 Å². The minimum Gasteiger partial charge on any atom is -0.394 e. The third kappa shape index (κ3) is 4.05. The van der Waals surface area contributed by atoms with Crippen LogP contribution >= 0.6 is 0 Å². The number of aliphatic hydroxyl groups excluding tert-OH is 2. The molecule has 0 bridgehead atoms. The lowest BCUT2D eigenvalue weighted by molar-refractivity contribution is 0.0761. The molecule has 8 heavy (non-hydrogen) atoms. The molecule has 2 N–H and O–H groups in total. The van der Waals surface area contributed by atoms with Crippen LogP contribution in [0.2, 0.25) is 0 Å². The summed E-state index contributed by atoms with van der Waals surface area (Å²) in [6.45, 7) is -0.406. The van der Waals surface area contributed by atoms with Crippen LogP contribution in [-0.2, 0) is 5.11 Å². The smallest absolute Gasteiger partial charge is 0.0823 e. The molecule has 0 aromatic rings. The molecule has 1 unspecified atom stereocenters. The Labute approximate surface area is 48.6 Å². The van der Waals surface area contributed by atoms with E-state index in [1.54, 1.807) is 0 Å². The lowest BCUT2D eigenvalue weighted by Crippen LogP contribution is -2.11. The van der Waals surface area contributed by atoms with Crippen molar-refractivity contribution in [2.75, 3.05) is 13.2 Å². The zero-order valence-corrected chi connectivity index (χ0v) is 4.71. The van der Waals surface area contributed by atoms with Gasteiger partial charge < -0.3 is 10.2 Å². The van der Waals surface area contributed by atoms with Crippen molar-refractivity contribution in [1.29, 1.82) is 0 Å². The normalized spacial score (nSPS) is 13.9. The Morgan fingerprint density at radius 3 is 2.50 bits per heavy atom. The molecule has 49 valence electrons. The van der Waals surface area contributed by atoms with Gasteiger partial charge in [-0.25, -0.2) is 5.11 Å². The topological polar surface area (TPSA) is 60.4 Å². The van der Waals surface area contributed by atoms with E-state index in [1.165, 1.54) is 0 Å². The Morgan fingerprint density at radius 2 is 2.12 bits per heavy atom. The Kier molecular flexibility index (Phi) is 4.95. The van der Waals surface area contributed by atoms with Gasteiger partial charge in [-0.1, -0.05) is 0 Å². The fraction of sp³-hybridized carbons (Fsp3) is 1.00. The van der Waals surface area contributed by atoms with E-state index in [0.29, 0.717) is 12.8 Å². The SMILES string of the molecule is [O]CCCC(O)CO. The standard InChI is InChI=1S/C5H11O3/c6-3-1-2-5(8)4-7/h5,7-8H,1-4H2. The molecule has 0 saturated carbocycles. The quantitative estimate of drug-likeness (QED) is 0.526. The molecule has 0 aromatic heterocycles. The van der Waals surface area contributed by atoms with Crippen molar-refractivity contribution in [1.82, 2.24) is 0 Å². The zero-order valence-electron chi connectivity index (χ0n) is 4.71. The first-order chi connectivity index (χ1) is 3.81. The second kappa shape index (κ2) is 5.03. The Hall–Kier alpha value is -0.120. The van der Waals surface area contributed by atoms with Crippen molar-refractivity contribution < 1.29 is 15.3 Å². The van der Waals surface area contributed by atoms with Gasteiger partial charge >= 0.3 is 0 Å². The van der Waals surface area contributed by atoms with Crippen molar-refractivity contribution in [3.05, 3.63) is 0 Å². The van der Waals surface area contributed by atoms with Crippen LogP contribution in [0.5, 0.6) is 0 Å². The van der Waals surface area contributed by atoms with Gasteiger partial charge in [0, 0.05) is 0 Å². The summed E-state index contributed by atoms with van der Waals surface area (Å²) in [5.74, 6) is 0. The maximum absolute atomic E-state index is 9.76. The summed E-state index contributed by atoms with van der Waals surface area (Å²) in [7, 11) is 0. The van der Waals surface area contributed by atoms with Crippen molar-refractivity contribution >= 4 is 0 Å². The van der Waals surface area contributed by atoms with E-state index in [0.717, 1.165) is 0 Å². The second-order valence-electron chi connectivity index (χ2n) is 1.68. The molecule has 0 spiro atoms. The number of hydrogen-bond acceptors (Lipinski definition) is 2. The Balaban J connectivity index is 2.86. The van der Waals surface area contributed by atoms with E-state index in [1.807, 2.05) is 0 Å². The highest BCUT2D eigenvalue weighted by Gasteiger charge is 1.98. The first kappa shape index (κ1) is 7.88. The van der Waals surface area contributed by atoms with Crippen LogP contribution < -0.4 is 0 Å². The fourth-order valence-electron chi connectivity index (χ4n) is 0.410. The monoisotopic (exact) mass is 119 g/mol. The lowest BCUT2D eigenvalue weighted by Gasteiger charge is -2.02. The molecule has 0 heterocycles. The molecule has 0 aliphatic carbocycles. The minimum atomic E-state index is -0.691. The summed E-state index contributed by atoms with van der Waals surface area (Å²) in [6, 6.07) is 0. The van der Waals surface area contributed by atoms with E-state index >= 15 is 0 Å². The van der Waals surface area contributed by atoms with E-state index in [-0.39, 0.29) is 13.2 Å². The fourth-order valence-corrected chi connectivity index (χ4v) is 0.410. The van der Waals surface area contributed by atoms with Crippen molar-refractivity contribution in [2.24, 2.45) is 0 Å². The van der Waals surface area contributed by atoms with Crippen molar-refractivity contribution in [2.45, 2.75) is 18.9 Å². The first-order valence-corrected chi connectivity index (χ1v) is 2.68. The van der Waals surface area contributed by atoms with Gasteiger partial charge in [0.2, 0.25) is 0 Å². The maximum Gasteiger partial charge on any atom is 0.0823 e. The number of rotatable bonds is 4. The van der Waals surface area contributed by atoms with Gasteiger partial charge in [0.25, 0.3) is 0 Å². The molecule has 1 atom stereocenters. The first-order valence-electron chi connectivity index (χ1n) is 2.68. The molecule has 0 aliphatic rings. The third-order valence-electron chi connectivity index (χ3n) is 0.892. The molecule has 0 aliphatic heterocycles. The predicted molar refractivity (Wildman–Crippen MR) is 27.9 cm³/mol. The van der Waals surface area contributed by atoms with Crippen LogP contribution in [0.1, 0.15) is 12.8 Å². The van der Waals surface area contributed by atoms with Gasteiger partial charge in [-0.2, -0.15) is 0 Å². The summed E-state index contributed by atoms with van der Waals surface area (Å²) in [6.07, 6.45) is 0.172. The van der Waals surface area contributed by atoms with Crippen LogP contribution in [0.4, 0.5) is 0 Å². The highest BCUT2D eigenvalue weighted by molar-refractivity contribution is 4.50. The van der Waals surface area contributed by atoms with Crippen LogP contribution in [0.15, 0.2) is 0 Å². The number of aliphatic hydroxyl groups is 2. The average Bonchev–Trinajstić information content (AvgIpc) is 1.83. The van der Waals surface area contributed by atoms with Gasteiger partial charge in [-0.05, 0) is 12.8 Å². The van der Waals surface area contributed by atoms with E-state index in [4.69, 9.17) is 10.2 Å². The zero-order chi connectivity index (χ0) is 6.41. The van der Waals surface area contributed by atoms with Gasteiger partial charge in [-0.15, -0.1) is 0 Å². The molecule has 0 aromatic carbocycles. The second-order valence-corrected chi connectivity index (χ2v) is 1.68. The highest BCUT2D eigenvalue weighted by atomic mass is 16.3. The summed E-state index contributed by atoms with van der Waals surface area (Å²) < 4.78 is 0. The summed E-state index contributed by atoms with van der Waals surface area (Å²) in [5.41, 5.74) is 0. The van der Waals surface area contributed by atoms with E-state index < -0.39 is 6.10 Å². The Morgan fingerprint density at radius 1 is 1.50 bits per heavy atom. The third-order valence-corrected chi connectivity index (χ3v) is 0.892. The maximum atomic E-state index is 9.76. The average molecular weight is 119 g/mol. The Bertz CT molecular complexity index is 46.9. The van der Waals surface area contributed by atoms with Gasteiger partial charge in [0.15, 0.2) is 0 Å². The summed E-state index contributed by atoms with van der Waals surface area (Å²) >= 11 is 0. The number of hydrogen-bond donors (Lipinski definition) is 2. The van der Waals surface area contributed by atoms with Crippen molar-refractivity contribution in [3.8, 4) is 0 Å². The molecule has 0 rings (SSSR count). The van der Waals surface area contributed by atoms with Crippen LogP contribution in [0.3, 0.4) is 0 Å². The van der Waals surface area contributed by atoms with E-state index in [9.17, 15) is 5.11 Å². The van der Waals surface area contributed by atoms with Gasteiger partial charge in [0.1, 0.15) is 0 Å².